The third-order valence-electron chi connectivity index (χ3n) is 4.35. The summed E-state index contributed by atoms with van der Waals surface area (Å²) in [6.45, 7) is 6.56. The molecule has 132 valence electrons. The first kappa shape index (κ1) is 17.2. The first-order valence-electron chi connectivity index (χ1n) is 8.47. The molecule has 1 aliphatic heterocycles. The van der Waals surface area contributed by atoms with Crippen molar-refractivity contribution < 1.29 is 9.59 Å². The van der Waals surface area contributed by atoms with Crippen molar-refractivity contribution in [3.8, 4) is 0 Å². The van der Waals surface area contributed by atoms with Gasteiger partial charge in [0, 0.05) is 69.8 Å². The number of benzene rings is 1. The molecule has 25 heavy (non-hydrogen) atoms. The van der Waals surface area contributed by atoms with Gasteiger partial charge in [-0.2, -0.15) is 0 Å². The van der Waals surface area contributed by atoms with Gasteiger partial charge in [0.15, 0.2) is 0 Å². The lowest BCUT2D eigenvalue weighted by Gasteiger charge is -2.34. The predicted molar refractivity (Wildman–Crippen MR) is 95.3 cm³/mol. The van der Waals surface area contributed by atoms with Crippen molar-refractivity contribution in [3.63, 3.8) is 0 Å². The molecule has 2 aromatic rings. The smallest absolute Gasteiger partial charge is 0.253 e. The van der Waals surface area contributed by atoms with E-state index in [9.17, 15) is 9.59 Å². The molecule has 1 saturated heterocycles. The molecule has 2 heterocycles. The monoisotopic (exact) mass is 341 g/mol. The highest BCUT2D eigenvalue weighted by atomic mass is 16.2. The van der Waals surface area contributed by atoms with E-state index in [-0.39, 0.29) is 11.8 Å². The Morgan fingerprint density at radius 1 is 1.08 bits per heavy atom. The Balaban J connectivity index is 1.48. The van der Waals surface area contributed by atoms with Crippen molar-refractivity contribution in [2.24, 2.45) is 0 Å². The van der Waals surface area contributed by atoms with Gasteiger partial charge in [0.25, 0.3) is 5.91 Å². The van der Waals surface area contributed by atoms with Crippen molar-refractivity contribution >= 4 is 17.5 Å². The van der Waals surface area contributed by atoms with Crippen molar-refractivity contribution in [1.29, 1.82) is 0 Å². The van der Waals surface area contributed by atoms with E-state index in [1.807, 2.05) is 17.4 Å². The van der Waals surface area contributed by atoms with E-state index in [4.69, 9.17) is 0 Å². The first-order valence-corrected chi connectivity index (χ1v) is 8.47. The number of hydrogen-bond donors (Lipinski definition) is 1. The van der Waals surface area contributed by atoms with E-state index in [0.717, 1.165) is 39.3 Å². The number of carbonyl (C=O) groups excluding carboxylic acids is 2. The lowest BCUT2D eigenvalue weighted by molar-refractivity contribution is -0.114. The maximum atomic E-state index is 12.6. The molecule has 1 aromatic heterocycles. The summed E-state index contributed by atoms with van der Waals surface area (Å²) in [5, 5.41) is 2.70. The van der Waals surface area contributed by atoms with Crippen molar-refractivity contribution in [1.82, 2.24) is 19.4 Å². The predicted octanol–water partition coefficient (Wildman–Crippen LogP) is 1.30. The summed E-state index contributed by atoms with van der Waals surface area (Å²) < 4.78 is 2.06. The van der Waals surface area contributed by atoms with Crippen molar-refractivity contribution in [2.75, 3.05) is 38.0 Å². The number of anilines is 1. The van der Waals surface area contributed by atoms with Gasteiger partial charge in [-0.25, -0.2) is 4.98 Å². The van der Waals surface area contributed by atoms with Gasteiger partial charge in [-0.3, -0.25) is 14.5 Å². The van der Waals surface area contributed by atoms with Crippen LogP contribution in [0.5, 0.6) is 0 Å². The molecular weight excluding hydrogens is 318 g/mol. The van der Waals surface area contributed by atoms with E-state index in [1.165, 1.54) is 6.92 Å². The maximum absolute atomic E-state index is 12.6. The van der Waals surface area contributed by atoms with Crippen LogP contribution in [0.1, 0.15) is 17.3 Å². The molecule has 1 fully saturated rings. The highest BCUT2D eigenvalue weighted by molar-refractivity contribution is 5.95. The van der Waals surface area contributed by atoms with Crippen LogP contribution in [0.25, 0.3) is 0 Å². The van der Waals surface area contributed by atoms with Crippen LogP contribution in [-0.4, -0.2) is 63.9 Å². The van der Waals surface area contributed by atoms with Crippen LogP contribution in [0.3, 0.4) is 0 Å². The Labute approximate surface area is 147 Å². The molecule has 0 bridgehead atoms. The number of hydrogen-bond acceptors (Lipinski definition) is 4. The highest BCUT2D eigenvalue weighted by Gasteiger charge is 2.21. The second-order valence-electron chi connectivity index (χ2n) is 6.19. The molecule has 0 radical (unpaired) electrons. The van der Waals surface area contributed by atoms with Gasteiger partial charge in [-0.15, -0.1) is 0 Å². The summed E-state index contributed by atoms with van der Waals surface area (Å²) in [5.74, 6) is -0.0745. The fraction of sp³-hybridized carbons (Fsp3) is 0.389. The first-order chi connectivity index (χ1) is 12.1. The average molecular weight is 341 g/mol. The lowest BCUT2D eigenvalue weighted by Crippen LogP contribution is -2.49. The normalized spacial score (nSPS) is 15.2. The van der Waals surface area contributed by atoms with Gasteiger partial charge in [-0.05, 0) is 24.3 Å². The number of nitrogens with one attached hydrogen (secondary N) is 1. The molecule has 0 aliphatic carbocycles. The molecule has 3 rings (SSSR count). The molecule has 0 spiro atoms. The van der Waals surface area contributed by atoms with Gasteiger partial charge in [0.05, 0.1) is 6.33 Å². The maximum Gasteiger partial charge on any atom is 0.253 e. The third kappa shape index (κ3) is 4.67. The minimum Gasteiger partial charge on any atom is -0.336 e. The van der Waals surface area contributed by atoms with Gasteiger partial charge in [-0.1, -0.05) is 0 Å². The molecule has 0 unspecified atom stereocenters. The Kier molecular flexibility index (Phi) is 5.45. The van der Waals surface area contributed by atoms with Gasteiger partial charge < -0.3 is 14.8 Å². The summed E-state index contributed by atoms with van der Waals surface area (Å²) in [7, 11) is 0. The summed E-state index contributed by atoms with van der Waals surface area (Å²) in [4.78, 5) is 31.9. The summed E-state index contributed by atoms with van der Waals surface area (Å²) in [5.41, 5.74) is 1.36. The van der Waals surface area contributed by atoms with E-state index in [0.29, 0.717) is 11.3 Å². The molecule has 1 N–H and O–H groups in total. The van der Waals surface area contributed by atoms with E-state index >= 15 is 0 Å². The third-order valence-corrected chi connectivity index (χ3v) is 4.35. The van der Waals surface area contributed by atoms with Crippen molar-refractivity contribution in [2.45, 2.75) is 13.5 Å². The molecule has 0 saturated carbocycles. The Morgan fingerprint density at radius 3 is 2.40 bits per heavy atom. The molecule has 7 heteroatoms. The molecule has 7 nitrogen and oxygen atoms in total. The molecule has 0 atom stereocenters. The molecular formula is C18H23N5O2. The van der Waals surface area contributed by atoms with Crippen LogP contribution >= 0.6 is 0 Å². The number of imidazole rings is 1. The lowest BCUT2D eigenvalue weighted by atomic mass is 10.1. The largest absolute Gasteiger partial charge is 0.336 e. The average Bonchev–Trinajstić information content (AvgIpc) is 3.13. The Hall–Kier alpha value is -2.67. The minimum atomic E-state index is -0.120. The quantitative estimate of drug-likeness (QED) is 0.890. The van der Waals surface area contributed by atoms with Crippen LogP contribution in [0.15, 0.2) is 43.0 Å². The zero-order valence-electron chi connectivity index (χ0n) is 14.4. The Morgan fingerprint density at radius 2 is 1.80 bits per heavy atom. The van der Waals surface area contributed by atoms with E-state index < -0.39 is 0 Å². The van der Waals surface area contributed by atoms with Crippen LogP contribution in [0.2, 0.25) is 0 Å². The van der Waals surface area contributed by atoms with Crippen LogP contribution < -0.4 is 5.32 Å². The fourth-order valence-corrected chi connectivity index (χ4v) is 2.93. The standard InChI is InChI=1S/C18H23N5O2/c1-15(24)20-17-4-2-16(3-5-17)18(25)23-12-10-21(11-13-23)8-9-22-7-6-19-14-22/h2-7,14H,8-13H2,1H3,(H,20,24). The number of aromatic nitrogens is 2. The molecule has 1 aliphatic rings. The SMILES string of the molecule is CC(=O)Nc1ccc(C(=O)N2CCN(CCn3ccnc3)CC2)cc1. The summed E-state index contributed by atoms with van der Waals surface area (Å²) in [6.07, 6.45) is 5.57. The second kappa shape index (κ2) is 7.94. The Bertz CT molecular complexity index is 704. The number of piperazine rings is 1. The van der Waals surface area contributed by atoms with Gasteiger partial charge >= 0.3 is 0 Å². The highest BCUT2D eigenvalue weighted by Crippen LogP contribution is 2.13. The zero-order chi connectivity index (χ0) is 17.6. The van der Waals surface area contributed by atoms with Crippen LogP contribution in [-0.2, 0) is 11.3 Å². The van der Waals surface area contributed by atoms with Gasteiger partial charge in [0.1, 0.15) is 0 Å². The van der Waals surface area contributed by atoms with E-state index in [2.05, 4.69) is 19.8 Å². The van der Waals surface area contributed by atoms with Crippen molar-refractivity contribution in [3.05, 3.63) is 48.5 Å². The second-order valence-corrected chi connectivity index (χ2v) is 6.19. The number of amides is 2. The van der Waals surface area contributed by atoms with E-state index in [1.54, 1.807) is 30.5 Å². The number of nitrogens with zero attached hydrogens (tertiary/aromatic N) is 4. The fourth-order valence-electron chi connectivity index (χ4n) is 2.93. The topological polar surface area (TPSA) is 70.5 Å². The summed E-state index contributed by atoms with van der Waals surface area (Å²) >= 11 is 0. The van der Waals surface area contributed by atoms with Crippen LogP contribution in [0.4, 0.5) is 5.69 Å². The van der Waals surface area contributed by atoms with Crippen LogP contribution in [0, 0.1) is 0 Å². The summed E-state index contributed by atoms with van der Waals surface area (Å²) in [6, 6.07) is 7.05. The zero-order valence-corrected chi connectivity index (χ0v) is 14.4. The number of carbonyl (C=O) groups is 2. The van der Waals surface area contributed by atoms with Gasteiger partial charge in [0.2, 0.25) is 5.91 Å². The minimum absolute atomic E-state index is 0.0450. The number of rotatable bonds is 5. The molecule has 1 aromatic carbocycles. The molecule has 2 amide bonds.